The van der Waals surface area contributed by atoms with Gasteiger partial charge in [-0.1, -0.05) is 6.92 Å². The molecular formula is C4H11ClF3NO. The van der Waals surface area contributed by atoms with E-state index in [4.69, 9.17) is 5.11 Å². The van der Waals surface area contributed by atoms with Gasteiger partial charge in [-0.2, -0.15) is 13.2 Å². The van der Waals surface area contributed by atoms with E-state index in [2.05, 4.69) is 0 Å². The van der Waals surface area contributed by atoms with Crippen molar-refractivity contribution in [1.29, 1.82) is 0 Å². The molecule has 0 heterocycles. The number of hydrogen-bond donors (Lipinski definition) is 2. The van der Waals surface area contributed by atoms with Gasteiger partial charge in [0.05, 0.1) is 0 Å². The van der Waals surface area contributed by atoms with E-state index in [1.54, 1.807) is 0 Å². The number of rotatable bonds is 1. The fourth-order valence-electron chi connectivity index (χ4n) is 0.231. The minimum absolute atomic E-state index is 0. The summed E-state index contributed by atoms with van der Waals surface area (Å²) in [6.45, 7) is 1.28. The Bertz CT molecular complexity index is 77.4. The van der Waals surface area contributed by atoms with Crippen LogP contribution in [-0.4, -0.2) is 17.4 Å². The zero-order valence-corrected chi connectivity index (χ0v) is 6.30. The SMILES string of the molecule is CCC(O)C(F)(F)F.Cl.N. The van der Waals surface area contributed by atoms with E-state index in [0.29, 0.717) is 0 Å². The van der Waals surface area contributed by atoms with Gasteiger partial charge in [-0.3, -0.25) is 0 Å². The van der Waals surface area contributed by atoms with Crippen LogP contribution in [0.25, 0.3) is 0 Å². The van der Waals surface area contributed by atoms with Gasteiger partial charge in [0.15, 0.2) is 0 Å². The molecule has 0 fully saturated rings. The summed E-state index contributed by atoms with van der Waals surface area (Å²) in [6.07, 6.45) is -6.86. The molecule has 0 bridgehead atoms. The Morgan fingerprint density at radius 2 is 1.70 bits per heavy atom. The molecule has 4 N–H and O–H groups in total. The van der Waals surface area contributed by atoms with E-state index >= 15 is 0 Å². The Hall–Kier alpha value is -0.0000000000000000208. The molecule has 0 aromatic heterocycles. The van der Waals surface area contributed by atoms with Crippen LogP contribution in [0, 0.1) is 0 Å². The van der Waals surface area contributed by atoms with Gasteiger partial charge in [0.1, 0.15) is 6.10 Å². The average molecular weight is 182 g/mol. The molecule has 0 aromatic carbocycles. The van der Waals surface area contributed by atoms with Crippen LogP contribution in [0.15, 0.2) is 0 Å². The first-order valence-corrected chi connectivity index (χ1v) is 2.23. The lowest BCUT2D eigenvalue weighted by Crippen LogP contribution is -2.27. The predicted molar refractivity (Wildman–Crippen MR) is 34.6 cm³/mol. The normalized spacial score (nSPS) is 12.9. The summed E-state index contributed by atoms with van der Waals surface area (Å²) in [5.41, 5.74) is 0. The zero-order valence-electron chi connectivity index (χ0n) is 5.48. The van der Waals surface area contributed by atoms with Gasteiger partial charge < -0.3 is 11.3 Å². The van der Waals surface area contributed by atoms with Gasteiger partial charge in [-0.15, -0.1) is 12.4 Å². The Balaban J connectivity index is -0.000000245. The largest absolute Gasteiger partial charge is 0.414 e. The third-order valence-electron chi connectivity index (χ3n) is 0.765. The lowest BCUT2D eigenvalue weighted by molar-refractivity contribution is -0.204. The molecule has 0 radical (unpaired) electrons. The van der Waals surface area contributed by atoms with Crippen molar-refractivity contribution < 1.29 is 18.3 Å². The molecule has 2 nitrogen and oxygen atoms in total. The van der Waals surface area contributed by atoms with Crippen LogP contribution < -0.4 is 6.15 Å². The van der Waals surface area contributed by atoms with Crippen molar-refractivity contribution in [1.82, 2.24) is 6.15 Å². The third kappa shape index (κ3) is 6.12. The summed E-state index contributed by atoms with van der Waals surface area (Å²) in [5, 5.41) is 8.07. The topological polar surface area (TPSA) is 55.2 Å². The monoisotopic (exact) mass is 181 g/mol. The summed E-state index contributed by atoms with van der Waals surface area (Å²) >= 11 is 0. The first-order valence-electron chi connectivity index (χ1n) is 2.23. The summed E-state index contributed by atoms with van der Waals surface area (Å²) in [5.74, 6) is 0. The Morgan fingerprint density at radius 1 is 1.40 bits per heavy atom. The van der Waals surface area contributed by atoms with Crippen LogP contribution in [-0.2, 0) is 0 Å². The Labute approximate surface area is 63.4 Å². The third-order valence-corrected chi connectivity index (χ3v) is 0.765. The summed E-state index contributed by atoms with van der Waals surface area (Å²) in [7, 11) is 0. The second-order valence-corrected chi connectivity index (χ2v) is 1.47. The highest BCUT2D eigenvalue weighted by Crippen LogP contribution is 2.21. The average Bonchev–Trinajstić information content (AvgIpc) is 1.62. The highest BCUT2D eigenvalue weighted by Gasteiger charge is 2.36. The van der Waals surface area contributed by atoms with Crippen LogP contribution in [0.1, 0.15) is 13.3 Å². The van der Waals surface area contributed by atoms with Crippen molar-refractivity contribution in [2.24, 2.45) is 0 Å². The van der Waals surface area contributed by atoms with Crippen LogP contribution in [0.5, 0.6) is 0 Å². The molecule has 10 heavy (non-hydrogen) atoms. The number of aliphatic hydroxyl groups excluding tert-OH is 1. The maximum absolute atomic E-state index is 11.2. The lowest BCUT2D eigenvalue weighted by atomic mass is 10.3. The van der Waals surface area contributed by atoms with Crippen molar-refractivity contribution in [3.8, 4) is 0 Å². The summed E-state index contributed by atoms with van der Waals surface area (Å²) in [6, 6.07) is 0. The molecule has 0 saturated carbocycles. The quantitative estimate of drug-likeness (QED) is 0.649. The molecule has 1 atom stereocenters. The first-order chi connectivity index (χ1) is 3.48. The molecule has 0 aliphatic heterocycles. The predicted octanol–water partition coefficient (Wildman–Crippen LogP) is 1.90. The zero-order chi connectivity index (χ0) is 6.78. The van der Waals surface area contributed by atoms with Crippen LogP contribution in [0.2, 0.25) is 0 Å². The van der Waals surface area contributed by atoms with Crippen molar-refractivity contribution in [2.45, 2.75) is 25.6 Å². The summed E-state index contributed by atoms with van der Waals surface area (Å²) < 4.78 is 33.6. The lowest BCUT2D eigenvalue weighted by Gasteiger charge is -2.10. The molecule has 0 aliphatic rings. The maximum atomic E-state index is 11.2. The molecule has 1 unspecified atom stereocenters. The minimum Gasteiger partial charge on any atom is -0.384 e. The number of halogens is 4. The highest BCUT2D eigenvalue weighted by molar-refractivity contribution is 5.85. The second kappa shape index (κ2) is 5.76. The minimum atomic E-state index is -4.44. The van der Waals surface area contributed by atoms with Gasteiger partial charge in [-0.25, -0.2) is 0 Å². The van der Waals surface area contributed by atoms with Gasteiger partial charge >= 0.3 is 6.18 Å². The van der Waals surface area contributed by atoms with Crippen LogP contribution in [0.3, 0.4) is 0 Å². The van der Waals surface area contributed by atoms with Gasteiger partial charge in [0.25, 0.3) is 0 Å². The van der Waals surface area contributed by atoms with Gasteiger partial charge in [-0.05, 0) is 6.42 Å². The number of hydrogen-bond acceptors (Lipinski definition) is 2. The van der Waals surface area contributed by atoms with Crippen molar-refractivity contribution >= 4 is 12.4 Å². The summed E-state index contributed by atoms with van der Waals surface area (Å²) in [4.78, 5) is 0. The smallest absolute Gasteiger partial charge is 0.384 e. The van der Waals surface area contributed by atoms with E-state index < -0.39 is 12.3 Å². The van der Waals surface area contributed by atoms with Crippen molar-refractivity contribution in [2.75, 3.05) is 0 Å². The van der Waals surface area contributed by atoms with Crippen molar-refractivity contribution in [3.05, 3.63) is 0 Å². The Morgan fingerprint density at radius 3 is 1.70 bits per heavy atom. The maximum Gasteiger partial charge on any atom is 0.414 e. The molecular weight excluding hydrogens is 170 g/mol. The Kier molecular flexibility index (Phi) is 9.52. The first kappa shape index (κ1) is 16.5. The molecule has 0 rings (SSSR count). The van der Waals surface area contributed by atoms with E-state index in [1.807, 2.05) is 0 Å². The van der Waals surface area contributed by atoms with Gasteiger partial charge in [0.2, 0.25) is 0 Å². The molecule has 0 aliphatic carbocycles. The van der Waals surface area contributed by atoms with E-state index in [-0.39, 0.29) is 25.0 Å². The van der Waals surface area contributed by atoms with Crippen molar-refractivity contribution in [3.63, 3.8) is 0 Å². The van der Waals surface area contributed by atoms with E-state index in [0.717, 1.165) is 0 Å². The molecule has 0 spiro atoms. The van der Waals surface area contributed by atoms with Crippen LogP contribution >= 0.6 is 12.4 Å². The molecule has 66 valence electrons. The number of alkyl halides is 3. The fraction of sp³-hybridized carbons (Fsp3) is 1.00. The second-order valence-electron chi connectivity index (χ2n) is 1.47. The van der Waals surface area contributed by atoms with Gasteiger partial charge in [0, 0.05) is 0 Å². The number of aliphatic hydroxyl groups is 1. The standard InChI is InChI=1S/C4H7F3O.ClH.H3N/c1-2-3(8)4(5,6)7;;/h3,8H,2H2,1H3;1H;1H3. The van der Waals surface area contributed by atoms with E-state index in [1.165, 1.54) is 6.92 Å². The molecule has 6 heteroatoms. The molecule has 0 saturated heterocycles. The van der Waals surface area contributed by atoms with E-state index in [9.17, 15) is 13.2 Å². The highest BCUT2D eigenvalue weighted by atomic mass is 35.5. The fourth-order valence-corrected chi connectivity index (χ4v) is 0.231. The molecule has 0 aromatic rings. The van der Waals surface area contributed by atoms with Crippen LogP contribution in [0.4, 0.5) is 13.2 Å². The molecule has 0 amide bonds.